The van der Waals surface area contributed by atoms with Gasteiger partial charge in [-0.15, -0.1) is 0 Å². The van der Waals surface area contributed by atoms with Crippen LogP contribution < -0.4 is 5.32 Å². The summed E-state index contributed by atoms with van der Waals surface area (Å²) in [6.07, 6.45) is -4.45. The molecule has 5 nitrogen and oxygen atoms in total. The molecule has 1 N–H and O–H groups in total. The molecule has 2 rings (SSSR count). The molecule has 0 spiro atoms. The van der Waals surface area contributed by atoms with E-state index >= 15 is 0 Å². The molecule has 0 saturated heterocycles. The molecule has 1 aromatic heterocycles. The van der Waals surface area contributed by atoms with Crippen LogP contribution in [0, 0.1) is 0 Å². The van der Waals surface area contributed by atoms with Gasteiger partial charge in [0, 0.05) is 6.54 Å². The average molecular weight is 406 g/mol. The van der Waals surface area contributed by atoms with E-state index in [1.807, 2.05) is 0 Å². The standard InChI is InChI=1S/C15H11BrF3NO4/c16-12-5-4-11(24-12)14(22)23-8-13(21)20-7-9-2-1-3-10(6-9)15(17,18)19/h1-6H,7-8H2,(H,20,21). The summed E-state index contributed by atoms with van der Waals surface area (Å²) in [5.74, 6) is -1.55. The number of alkyl halides is 3. The van der Waals surface area contributed by atoms with Crippen molar-refractivity contribution in [1.82, 2.24) is 5.32 Å². The van der Waals surface area contributed by atoms with Crippen molar-refractivity contribution in [3.63, 3.8) is 0 Å². The van der Waals surface area contributed by atoms with E-state index in [0.29, 0.717) is 4.67 Å². The second-order valence-electron chi connectivity index (χ2n) is 4.65. The first kappa shape index (κ1) is 18.1. The highest BCUT2D eigenvalue weighted by molar-refractivity contribution is 9.10. The number of halogens is 4. The van der Waals surface area contributed by atoms with Gasteiger partial charge in [0.2, 0.25) is 5.76 Å². The molecule has 0 fully saturated rings. The zero-order valence-corrected chi connectivity index (χ0v) is 13.6. The lowest BCUT2D eigenvalue weighted by atomic mass is 10.1. The summed E-state index contributed by atoms with van der Waals surface area (Å²) in [5, 5.41) is 2.37. The number of benzene rings is 1. The Hall–Kier alpha value is -2.29. The van der Waals surface area contributed by atoms with Gasteiger partial charge in [-0.1, -0.05) is 12.1 Å². The number of nitrogens with one attached hydrogen (secondary N) is 1. The van der Waals surface area contributed by atoms with Gasteiger partial charge >= 0.3 is 12.1 Å². The normalized spacial score (nSPS) is 11.2. The zero-order valence-electron chi connectivity index (χ0n) is 12.0. The fraction of sp³-hybridized carbons (Fsp3) is 0.200. The first-order valence-electron chi connectivity index (χ1n) is 6.61. The number of rotatable bonds is 5. The molecule has 1 amide bonds. The molecule has 0 atom stereocenters. The van der Waals surface area contributed by atoms with Crippen LogP contribution in [0.5, 0.6) is 0 Å². The van der Waals surface area contributed by atoms with E-state index in [1.165, 1.54) is 24.3 Å². The minimum Gasteiger partial charge on any atom is -0.450 e. The Morgan fingerprint density at radius 3 is 2.58 bits per heavy atom. The van der Waals surface area contributed by atoms with Crippen LogP contribution in [0.1, 0.15) is 21.7 Å². The summed E-state index contributed by atoms with van der Waals surface area (Å²) in [4.78, 5) is 23.1. The monoisotopic (exact) mass is 405 g/mol. The molecule has 1 heterocycles. The smallest absolute Gasteiger partial charge is 0.416 e. The summed E-state index contributed by atoms with van der Waals surface area (Å²) in [6, 6.07) is 7.43. The Morgan fingerprint density at radius 2 is 1.96 bits per heavy atom. The maximum absolute atomic E-state index is 12.6. The molecule has 128 valence electrons. The van der Waals surface area contributed by atoms with Crippen LogP contribution in [0.25, 0.3) is 0 Å². The third kappa shape index (κ3) is 5.12. The van der Waals surface area contributed by atoms with Gasteiger partial charge in [0.25, 0.3) is 5.91 Å². The number of esters is 1. The van der Waals surface area contributed by atoms with Crippen molar-refractivity contribution in [3.05, 3.63) is 58.0 Å². The zero-order chi connectivity index (χ0) is 17.7. The predicted octanol–water partition coefficient (Wildman–Crippen LogP) is 3.53. The van der Waals surface area contributed by atoms with Crippen LogP contribution in [0.4, 0.5) is 13.2 Å². The molecule has 1 aromatic carbocycles. The van der Waals surface area contributed by atoms with Crippen molar-refractivity contribution in [2.24, 2.45) is 0 Å². The Labute approximate surface area is 142 Å². The maximum atomic E-state index is 12.6. The lowest BCUT2D eigenvalue weighted by Gasteiger charge is -2.09. The van der Waals surface area contributed by atoms with Crippen molar-refractivity contribution in [1.29, 1.82) is 0 Å². The van der Waals surface area contributed by atoms with Crippen molar-refractivity contribution in [2.45, 2.75) is 12.7 Å². The molecule has 9 heteroatoms. The van der Waals surface area contributed by atoms with Gasteiger partial charge < -0.3 is 14.5 Å². The number of carbonyl (C=O) groups is 2. The van der Waals surface area contributed by atoms with Gasteiger partial charge in [0.15, 0.2) is 11.3 Å². The van der Waals surface area contributed by atoms with Gasteiger partial charge in [0.05, 0.1) is 5.56 Å². The Bertz CT molecular complexity index is 742. The molecule has 0 aliphatic heterocycles. The number of ether oxygens (including phenoxy) is 1. The van der Waals surface area contributed by atoms with E-state index in [9.17, 15) is 22.8 Å². The van der Waals surface area contributed by atoms with E-state index in [0.717, 1.165) is 12.1 Å². The number of furan rings is 1. The van der Waals surface area contributed by atoms with Crippen molar-refractivity contribution in [3.8, 4) is 0 Å². The molecule has 0 bridgehead atoms. The van der Waals surface area contributed by atoms with Crippen LogP contribution in [0.3, 0.4) is 0 Å². The summed E-state index contributed by atoms with van der Waals surface area (Å²) in [5.41, 5.74) is -0.525. The van der Waals surface area contributed by atoms with Gasteiger partial charge in [-0.05, 0) is 45.8 Å². The summed E-state index contributed by atoms with van der Waals surface area (Å²) < 4.78 is 47.8. The van der Waals surface area contributed by atoms with E-state index in [4.69, 9.17) is 9.15 Å². The molecule has 0 radical (unpaired) electrons. The number of carbonyl (C=O) groups excluding carboxylic acids is 2. The van der Waals surface area contributed by atoms with E-state index in [-0.39, 0.29) is 17.9 Å². The minimum absolute atomic E-state index is 0.0763. The second kappa shape index (κ2) is 7.52. The quantitative estimate of drug-likeness (QED) is 0.772. The fourth-order valence-corrected chi connectivity index (χ4v) is 2.04. The molecule has 0 aliphatic rings. The second-order valence-corrected chi connectivity index (χ2v) is 5.44. The largest absolute Gasteiger partial charge is 0.450 e. The molecule has 24 heavy (non-hydrogen) atoms. The highest BCUT2D eigenvalue weighted by atomic mass is 79.9. The number of amides is 1. The molecule has 0 unspecified atom stereocenters. The molecular formula is C15H11BrF3NO4. The highest BCUT2D eigenvalue weighted by Gasteiger charge is 2.30. The first-order valence-corrected chi connectivity index (χ1v) is 7.40. The molecular weight excluding hydrogens is 395 g/mol. The molecule has 0 aliphatic carbocycles. The summed E-state index contributed by atoms with van der Waals surface area (Å²) in [7, 11) is 0. The number of hydrogen-bond acceptors (Lipinski definition) is 4. The number of hydrogen-bond donors (Lipinski definition) is 1. The third-order valence-corrected chi connectivity index (χ3v) is 3.28. The van der Waals surface area contributed by atoms with Crippen molar-refractivity contribution >= 4 is 27.8 Å². The lowest BCUT2D eigenvalue weighted by molar-refractivity contribution is -0.137. The molecule has 2 aromatic rings. The average Bonchev–Trinajstić information content (AvgIpc) is 2.96. The van der Waals surface area contributed by atoms with Gasteiger partial charge in [-0.25, -0.2) is 4.79 Å². The van der Waals surface area contributed by atoms with Crippen LogP contribution in [0.15, 0.2) is 45.5 Å². The van der Waals surface area contributed by atoms with E-state index in [1.54, 1.807) is 0 Å². The Morgan fingerprint density at radius 1 is 1.21 bits per heavy atom. The summed E-state index contributed by atoms with van der Waals surface area (Å²) >= 11 is 3.02. The Balaban J connectivity index is 1.82. The van der Waals surface area contributed by atoms with E-state index in [2.05, 4.69) is 21.2 Å². The lowest BCUT2D eigenvalue weighted by Crippen LogP contribution is -2.28. The fourth-order valence-electron chi connectivity index (χ4n) is 1.74. The van der Waals surface area contributed by atoms with Gasteiger partial charge in [-0.3, -0.25) is 4.79 Å². The SMILES string of the molecule is O=C(COC(=O)c1ccc(Br)o1)NCc1cccc(C(F)(F)F)c1. The van der Waals surface area contributed by atoms with Crippen LogP contribution in [0.2, 0.25) is 0 Å². The Kier molecular flexibility index (Phi) is 5.66. The predicted molar refractivity (Wildman–Crippen MR) is 80.0 cm³/mol. The highest BCUT2D eigenvalue weighted by Crippen LogP contribution is 2.29. The first-order chi connectivity index (χ1) is 11.3. The maximum Gasteiger partial charge on any atom is 0.416 e. The van der Waals surface area contributed by atoms with Crippen molar-refractivity contribution in [2.75, 3.05) is 6.61 Å². The minimum atomic E-state index is -4.45. The van der Waals surface area contributed by atoms with Crippen LogP contribution in [-0.2, 0) is 22.3 Å². The van der Waals surface area contributed by atoms with Crippen LogP contribution in [-0.4, -0.2) is 18.5 Å². The van der Waals surface area contributed by atoms with Gasteiger partial charge in [-0.2, -0.15) is 13.2 Å². The van der Waals surface area contributed by atoms with Gasteiger partial charge in [0.1, 0.15) is 0 Å². The van der Waals surface area contributed by atoms with Crippen molar-refractivity contribution < 1.29 is 31.9 Å². The third-order valence-electron chi connectivity index (χ3n) is 2.85. The topological polar surface area (TPSA) is 68.5 Å². The summed E-state index contributed by atoms with van der Waals surface area (Å²) in [6.45, 7) is -0.692. The van der Waals surface area contributed by atoms with Crippen LogP contribution >= 0.6 is 15.9 Å². The molecule has 0 saturated carbocycles. The van der Waals surface area contributed by atoms with E-state index < -0.39 is 30.2 Å².